The van der Waals surface area contributed by atoms with Crippen LogP contribution in [-0.2, 0) is 17.8 Å². The van der Waals surface area contributed by atoms with Gasteiger partial charge in [0.2, 0.25) is 0 Å². The number of benzene rings is 3. The fourth-order valence-corrected chi connectivity index (χ4v) is 5.30. The Morgan fingerprint density at radius 3 is 2.50 bits per heavy atom. The van der Waals surface area contributed by atoms with Crippen LogP contribution in [0.2, 0.25) is 0 Å². The molecule has 3 aromatic rings. The van der Waals surface area contributed by atoms with Gasteiger partial charge < -0.3 is 14.6 Å². The molecule has 1 N–H and O–H groups in total. The van der Waals surface area contributed by atoms with Gasteiger partial charge in [0.05, 0.1) is 0 Å². The van der Waals surface area contributed by atoms with Gasteiger partial charge in [-0.25, -0.2) is 4.39 Å². The summed E-state index contributed by atoms with van der Waals surface area (Å²) in [5.41, 5.74) is 2.97. The third-order valence-corrected chi connectivity index (χ3v) is 7.19. The normalized spacial score (nSPS) is 16.8. The van der Waals surface area contributed by atoms with Crippen LogP contribution in [-0.4, -0.2) is 17.4 Å². The van der Waals surface area contributed by atoms with Crippen LogP contribution in [0.5, 0.6) is 11.5 Å². The van der Waals surface area contributed by atoms with Crippen molar-refractivity contribution in [2.75, 3.05) is 0 Å². The minimum Gasteiger partial charge on any atom is -0.489 e. The Labute approximate surface area is 219 Å². The summed E-state index contributed by atoms with van der Waals surface area (Å²) in [5, 5.41) is 9.03. The highest BCUT2D eigenvalue weighted by Gasteiger charge is 2.37. The molecular weight excluding hydrogens is 500 g/mol. The molecule has 0 unspecified atom stereocenters. The molecule has 0 amide bonds. The van der Waals surface area contributed by atoms with Crippen LogP contribution < -0.4 is 9.47 Å². The maximum absolute atomic E-state index is 15.0. The number of para-hydroxylation sites is 1. The molecule has 0 bridgehead atoms. The Bertz CT molecular complexity index is 1300. The van der Waals surface area contributed by atoms with Gasteiger partial charge in [-0.15, -0.1) is 13.2 Å². The van der Waals surface area contributed by atoms with E-state index >= 15 is 0 Å². The van der Waals surface area contributed by atoms with E-state index in [1.54, 1.807) is 18.2 Å². The summed E-state index contributed by atoms with van der Waals surface area (Å²) < 4.78 is 63.6. The predicted molar refractivity (Wildman–Crippen MR) is 136 cm³/mol. The molecule has 1 aliphatic carbocycles. The van der Waals surface area contributed by atoms with Crippen molar-refractivity contribution in [3.63, 3.8) is 0 Å². The summed E-state index contributed by atoms with van der Waals surface area (Å²) in [5.74, 6) is -1.34. The minimum absolute atomic E-state index is 0.0152. The van der Waals surface area contributed by atoms with Crippen molar-refractivity contribution in [3.8, 4) is 22.6 Å². The van der Waals surface area contributed by atoms with E-state index in [0.717, 1.165) is 54.2 Å². The maximum atomic E-state index is 15.0. The van der Waals surface area contributed by atoms with E-state index in [4.69, 9.17) is 9.84 Å². The number of aryl methyl sites for hydroxylation is 1. The average molecular weight is 531 g/mol. The predicted octanol–water partition coefficient (Wildman–Crippen LogP) is 8.28. The number of aliphatic carboxylic acids is 1. The van der Waals surface area contributed by atoms with Crippen LogP contribution in [0.4, 0.5) is 17.6 Å². The molecule has 0 spiro atoms. The Morgan fingerprint density at radius 2 is 1.82 bits per heavy atom. The summed E-state index contributed by atoms with van der Waals surface area (Å²) in [7, 11) is 0. The lowest BCUT2D eigenvalue weighted by Crippen LogP contribution is -2.18. The fourth-order valence-electron chi connectivity index (χ4n) is 5.30. The first kappa shape index (κ1) is 27.5. The molecule has 1 aliphatic rings. The van der Waals surface area contributed by atoms with Gasteiger partial charge in [-0.2, -0.15) is 0 Å². The molecule has 3 aromatic carbocycles. The van der Waals surface area contributed by atoms with Gasteiger partial charge in [0.1, 0.15) is 23.9 Å². The summed E-state index contributed by atoms with van der Waals surface area (Å²) in [4.78, 5) is 11.0. The second-order valence-electron chi connectivity index (χ2n) is 10.3. The van der Waals surface area contributed by atoms with Crippen molar-refractivity contribution in [1.29, 1.82) is 0 Å². The molecule has 0 aliphatic heterocycles. The summed E-state index contributed by atoms with van der Waals surface area (Å²) in [6.45, 7) is 4.50. The molecule has 0 radical (unpaired) electrons. The topological polar surface area (TPSA) is 55.8 Å². The Kier molecular flexibility index (Phi) is 7.99. The van der Waals surface area contributed by atoms with Crippen molar-refractivity contribution in [1.82, 2.24) is 0 Å². The molecule has 38 heavy (non-hydrogen) atoms. The third-order valence-electron chi connectivity index (χ3n) is 7.19. The lowest BCUT2D eigenvalue weighted by molar-refractivity contribution is -0.274. The first-order valence-electron chi connectivity index (χ1n) is 12.5. The number of carbonyl (C=O) groups is 1. The van der Waals surface area contributed by atoms with Gasteiger partial charge in [0.15, 0.2) is 0 Å². The SMILES string of the molecule is CC1(C)CCC[C@@H]1c1cc(COc2ccccc2CCC(=O)O)ccc1-c1cc(OC(F)(F)F)ccc1F. The smallest absolute Gasteiger partial charge is 0.489 e. The summed E-state index contributed by atoms with van der Waals surface area (Å²) in [6.07, 6.45) is -1.71. The third kappa shape index (κ3) is 6.65. The molecule has 202 valence electrons. The summed E-state index contributed by atoms with van der Waals surface area (Å²) in [6, 6.07) is 15.8. The molecule has 0 heterocycles. The monoisotopic (exact) mass is 530 g/mol. The van der Waals surface area contributed by atoms with Crippen LogP contribution >= 0.6 is 0 Å². The molecule has 0 saturated heterocycles. The molecular formula is C30H30F4O4. The van der Waals surface area contributed by atoms with Crippen LogP contribution in [0.15, 0.2) is 60.7 Å². The zero-order valence-electron chi connectivity index (χ0n) is 21.3. The molecule has 8 heteroatoms. The Morgan fingerprint density at radius 1 is 1.05 bits per heavy atom. The van der Waals surface area contributed by atoms with Gasteiger partial charge in [0.25, 0.3) is 0 Å². The largest absolute Gasteiger partial charge is 0.573 e. The van der Waals surface area contributed by atoms with Crippen LogP contribution in [0.25, 0.3) is 11.1 Å². The van der Waals surface area contributed by atoms with E-state index in [1.807, 2.05) is 24.3 Å². The number of hydrogen-bond acceptors (Lipinski definition) is 3. The first-order chi connectivity index (χ1) is 17.9. The van der Waals surface area contributed by atoms with Gasteiger partial charge in [-0.05, 0) is 77.1 Å². The quantitative estimate of drug-likeness (QED) is 0.283. The number of rotatable bonds is 9. The Balaban J connectivity index is 1.69. The minimum atomic E-state index is -4.88. The molecule has 0 aromatic heterocycles. The van der Waals surface area contributed by atoms with Crippen LogP contribution in [0.3, 0.4) is 0 Å². The van der Waals surface area contributed by atoms with Gasteiger partial charge in [-0.3, -0.25) is 4.79 Å². The highest BCUT2D eigenvalue weighted by Crippen LogP contribution is 2.51. The van der Waals surface area contributed by atoms with Crippen LogP contribution in [0, 0.1) is 11.2 Å². The molecule has 1 fully saturated rings. The number of alkyl halides is 3. The second-order valence-corrected chi connectivity index (χ2v) is 10.3. The first-order valence-corrected chi connectivity index (χ1v) is 12.5. The maximum Gasteiger partial charge on any atom is 0.573 e. The number of ether oxygens (including phenoxy) is 2. The molecule has 4 rings (SSSR count). The Hall–Kier alpha value is -3.55. The van der Waals surface area contributed by atoms with Crippen molar-refractivity contribution in [2.45, 2.75) is 64.8 Å². The number of carboxylic acid groups (broad SMARTS) is 1. The zero-order chi connectivity index (χ0) is 27.5. The van der Waals surface area contributed by atoms with Crippen molar-refractivity contribution in [2.24, 2.45) is 5.41 Å². The van der Waals surface area contributed by atoms with E-state index in [-0.39, 0.29) is 29.9 Å². The van der Waals surface area contributed by atoms with Crippen molar-refractivity contribution in [3.05, 3.63) is 83.2 Å². The summed E-state index contributed by atoms with van der Waals surface area (Å²) >= 11 is 0. The lowest BCUT2D eigenvalue weighted by Gasteiger charge is -2.30. The van der Waals surface area contributed by atoms with E-state index < -0.39 is 23.9 Å². The standard InChI is InChI=1S/C30H30F4O4/c1-29(2)15-5-7-25(29)23-16-19(18-37-27-8-4-3-6-20(27)10-14-28(35)36)9-12-22(23)24-17-21(11-13-26(24)31)38-30(32,33)34/h3-4,6,8-9,11-13,16-17,25H,5,7,10,14-15,18H2,1-2H3,(H,35,36)/t25-/m1/s1. The van der Waals surface area contributed by atoms with Gasteiger partial charge in [0, 0.05) is 12.0 Å². The number of halogens is 4. The van der Waals surface area contributed by atoms with Gasteiger partial charge >= 0.3 is 12.3 Å². The molecule has 1 saturated carbocycles. The zero-order valence-corrected chi connectivity index (χ0v) is 21.3. The lowest BCUT2D eigenvalue weighted by atomic mass is 9.75. The number of hydrogen-bond donors (Lipinski definition) is 1. The highest BCUT2D eigenvalue weighted by atomic mass is 19.4. The molecule has 4 nitrogen and oxygen atoms in total. The van der Waals surface area contributed by atoms with Crippen molar-refractivity contribution >= 4 is 5.97 Å². The number of carboxylic acids is 1. The van der Waals surface area contributed by atoms with E-state index in [0.29, 0.717) is 17.7 Å². The molecule has 1 atom stereocenters. The average Bonchev–Trinajstić information content (AvgIpc) is 3.20. The van der Waals surface area contributed by atoms with Crippen LogP contribution in [0.1, 0.15) is 62.1 Å². The van der Waals surface area contributed by atoms with E-state index in [1.165, 1.54) is 0 Å². The van der Waals surface area contributed by atoms with E-state index in [2.05, 4.69) is 18.6 Å². The fraction of sp³-hybridized carbons (Fsp3) is 0.367. The highest BCUT2D eigenvalue weighted by molar-refractivity contribution is 5.71. The van der Waals surface area contributed by atoms with Crippen molar-refractivity contribution < 1.29 is 36.9 Å². The second kappa shape index (κ2) is 11.1. The van der Waals surface area contributed by atoms with E-state index in [9.17, 15) is 22.4 Å². The van der Waals surface area contributed by atoms with Gasteiger partial charge in [-0.1, -0.05) is 56.7 Å².